The normalized spacial score (nSPS) is 10.4. The van der Waals surface area contributed by atoms with E-state index in [0.717, 1.165) is 6.42 Å². The minimum absolute atomic E-state index is 0. The molecule has 0 aromatic rings. The van der Waals surface area contributed by atoms with E-state index in [4.69, 9.17) is 5.11 Å². The Labute approximate surface area is 101 Å². The zero-order valence-corrected chi connectivity index (χ0v) is 11.2. The van der Waals surface area contributed by atoms with Crippen LogP contribution < -0.4 is 0 Å². The van der Waals surface area contributed by atoms with E-state index < -0.39 is 0 Å². The average molecular weight is 238 g/mol. The molecule has 0 aromatic carbocycles. The lowest BCUT2D eigenvalue weighted by atomic mass is 10.1. The summed E-state index contributed by atoms with van der Waals surface area (Å²) in [4.78, 5) is 2.48. The molecule has 3 heteroatoms. The zero-order chi connectivity index (χ0) is 10.6. The number of hydrogen-bond donors (Lipinski definition) is 1. The van der Waals surface area contributed by atoms with E-state index in [1.807, 2.05) is 0 Å². The Morgan fingerprint density at radius 1 is 0.800 bits per heavy atom. The van der Waals surface area contributed by atoms with Crippen molar-refractivity contribution in [2.24, 2.45) is 0 Å². The van der Waals surface area contributed by atoms with Gasteiger partial charge in [-0.3, -0.25) is 0 Å². The smallest absolute Gasteiger partial charge is 0.0431 e. The molecule has 0 fully saturated rings. The minimum atomic E-state index is 0. The van der Waals surface area contributed by atoms with Crippen LogP contribution in [0.15, 0.2) is 0 Å². The highest BCUT2D eigenvalue weighted by Crippen LogP contribution is 2.05. The van der Waals surface area contributed by atoms with E-state index in [0.29, 0.717) is 6.61 Å². The van der Waals surface area contributed by atoms with Crippen LogP contribution >= 0.6 is 12.4 Å². The van der Waals surface area contributed by atoms with Crippen molar-refractivity contribution in [3.63, 3.8) is 0 Å². The molecule has 1 N–H and O–H groups in total. The van der Waals surface area contributed by atoms with Crippen LogP contribution in [-0.4, -0.2) is 36.2 Å². The predicted molar refractivity (Wildman–Crippen MR) is 69.8 cm³/mol. The quantitative estimate of drug-likeness (QED) is 0.591. The molecular formula is C12H28ClNO. The Morgan fingerprint density at radius 2 is 1.27 bits per heavy atom. The van der Waals surface area contributed by atoms with E-state index >= 15 is 0 Å². The van der Waals surface area contributed by atoms with Crippen LogP contribution in [0.25, 0.3) is 0 Å². The molecule has 0 spiro atoms. The molecule has 0 saturated heterocycles. The topological polar surface area (TPSA) is 23.5 Å². The molecule has 15 heavy (non-hydrogen) atoms. The summed E-state index contributed by atoms with van der Waals surface area (Å²) in [6, 6.07) is 0. The number of rotatable bonds is 10. The predicted octanol–water partition coefficient (Wildman–Crippen LogP) is 3.08. The van der Waals surface area contributed by atoms with Crippen LogP contribution in [0.5, 0.6) is 0 Å². The lowest BCUT2D eigenvalue weighted by Gasteiger charge is -2.17. The summed E-state index contributed by atoms with van der Waals surface area (Å²) in [5.41, 5.74) is 0. The first kappa shape index (κ1) is 17.6. The second-order valence-electron chi connectivity index (χ2n) is 3.87. The van der Waals surface area contributed by atoms with Gasteiger partial charge in [0.15, 0.2) is 0 Å². The van der Waals surface area contributed by atoms with Gasteiger partial charge in [0.05, 0.1) is 0 Å². The number of halogens is 1. The first-order valence-electron chi connectivity index (χ1n) is 6.18. The van der Waals surface area contributed by atoms with Crippen LogP contribution in [0.4, 0.5) is 0 Å². The molecular weight excluding hydrogens is 210 g/mol. The van der Waals surface area contributed by atoms with E-state index in [1.165, 1.54) is 51.7 Å². The fraction of sp³-hybridized carbons (Fsp3) is 1.00. The molecule has 94 valence electrons. The van der Waals surface area contributed by atoms with Gasteiger partial charge in [0.2, 0.25) is 0 Å². The second kappa shape index (κ2) is 14.2. The largest absolute Gasteiger partial charge is 0.396 e. The van der Waals surface area contributed by atoms with Gasteiger partial charge in [-0.1, -0.05) is 39.5 Å². The molecule has 0 aliphatic rings. The van der Waals surface area contributed by atoms with E-state index in [2.05, 4.69) is 18.7 Å². The van der Waals surface area contributed by atoms with Gasteiger partial charge in [0.1, 0.15) is 0 Å². The highest BCUT2D eigenvalue weighted by molar-refractivity contribution is 5.85. The Kier molecular flexibility index (Phi) is 16.7. The maximum Gasteiger partial charge on any atom is 0.0431 e. The van der Waals surface area contributed by atoms with Crippen LogP contribution in [-0.2, 0) is 0 Å². The van der Waals surface area contributed by atoms with Gasteiger partial charge in [-0.15, -0.1) is 12.4 Å². The average Bonchev–Trinajstić information content (AvgIpc) is 2.22. The highest BCUT2D eigenvalue weighted by Gasteiger charge is 1.97. The number of nitrogens with zero attached hydrogens (tertiary/aromatic N) is 1. The molecule has 0 atom stereocenters. The second-order valence-corrected chi connectivity index (χ2v) is 3.87. The summed E-state index contributed by atoms with van der Waals surface area (Å²) in [6.07, 6.45) is 7.49. The van der Waals surface area contributed by atoms with Crippen molar-refractivity contribution in [1.82, 2.24) is 4.90 Å². The van der Waals surface area contributed by atoms with E-state index in [-0.39, 0.29) is 12.4 Å². The van der Waals surface area contributed by atoms with Gasteiger partial charge < -0.3 is 10.0 Å². The number of hydrogen-bond acceptors (Lipinski definition) is 2. The van der Waals surface area contributed by atoms with Crippen molar-refractivity contribution in [2.45, 2.75) is 52.4 Å². The SMILES string of the molecule is CCN(CC)CCCCCCCCO.Cl. The van der Waals surface area contributed by atoms with Crippen molar-refractivity contribution in [1.29, 1.82) is 0 Å². The monoisotopic (exact) mass is 237 g/mol. The maximum atomic E-state index is 8.60. The zero-order valence-electron chi connectivity index (χ0n) is 10.4. The molecule has 0 saturated carbocycles. The summed E-state index contributed by atoms with van der Waals surface area (Å²) in [5.74, 6) is 0. The summed E-state index contributed by atoms with van der Waals surface area (Å²) in [7, 11) is 0. The van der Waals surface area contributed by atoms with Gasteiger partial charge in [-0.05, 0) is 32.5 Å². The molecule has 2 nitrogen and oxygen atoms in total. The molecule has 0 bridgehead atoms. The Hall–Kier alpha value is 0.210. The third kappa shape index (κ3) is 12.1. The van der Waals surface area contributed by atoms with Gasteiger partial charge in [-0.25, -0.2) is 0 Å². The molecule has 0 rings (SSSR count). The Balaban J connectivity index is 0. The first-order chi connectivity index (χ1) is 6.85. The fourth-order valence-corrected chi connectivity index (χ4v) is 1.69. The van der Waals surface area contributed by atoms with Crippen molar-refractivity contribution >= 4 is 12.4 Å². The van der Waals surface area contributed by atoms with Gasteiger partial charge >= 0.3 is 0 Å². The van der Waals surface area contributed by atoms with Crippen LogP contribution in [0.3, 0.4) is 0 Å². The van der Waals surface area contributed by atoms with E-state index in [1.54, 1.807) is 0 Å². The lowest BCUT2D eigenvalue weighted by Crippen LogP contribution is -2.23. The molecule has 0 amide bonds. The number of aliphatic hydroxyl groups is 1. The van der Waals surface area contributed by atoms with Crippen molar-refractivity contribution < 1.29 is 5.11 Å². The third-order valence-corrected chi connectivity index (χ3v) is 2.78. The molecule has 0 heterocycles. The first-order valence-corrected chi connectivity index (χ1v) is 6.18. The summed E-state index contributed by atoms with van der Waals surface area (Å²) in [5, 5.41) is 8.60. The van der Waals surface area contributed by atoms with Gasteiger partial charge in [0, 0.05) is 6.61 Å². The van der Waals surface area contributed by atoms with Crippen molar-refractivity contribution in [3.8, 4) is 0 Å². The molecule has 0 unspecified atom stereocenters. The molecule has 0 radical (unpaired) electrons. The maximum absolute atomic E-state index is 8.60. The fourth-order valence-electron chi connectivity index (χ4n) is 1.69. The third-order valence-electron chi connectivity index (χ3n) is 2.78. The highest BCUT2D eigenvalue weighted by atomic mass is 35.5. The number of unbranched alkanes of at least 4 members (excludes halogenated alkanes) is 5. The van der Waals surface area contributed by atoms with Crippen LogP contribution in [0.1, 0.15) is 52.4 Å². The summed E-state index contributed by atoms with van der Waals surface area (Å²) in [6.45, 7) is 8.43. The standard InChI is InChI=1S/C12H27NO.ClH/c1-3-13(4-2)11-9-7-5-6-8-10-12-14;/h14H,3-12H2,1-2H3;1H. The van der Waals surface area contributed by atoms with Crippen LogP contribution in [0, 0.1) is 0 Å². The minimum Gasteiger partial charge on any atom is -0.396 e. The van der Waals surface area contributed by atoms with Crippen molar-refractivity contribution in [2.75, 3.05) is 26.2 Å². The van der Waals surface area contributed by atoms with Crippen LogP contribution in [0.2, 0.25) is 0 Å². The summed E-state index contributed by atoms with van der Waals surface area (Å²) < 4.78 is 0. The molecule has 0 aliphatic carbocycles. The summed E-state index contributed by atoms with van der Waals surface area (Å²) >= 11 is 0. The lowest BCUT2D eigenvalue weighted by molar-refractivity contribution is 0.280. The molecule has 0 aliphatic heterocycles. The molecule has 0 aromatic heterocycles. The Morgan fingerprint density at radius 3 is 1.73 bits per heavy atom. The van der Waals surface area contributed by atoms with Gasteiger partial charge in [0.25, 0.3) is 0 Å². The number of aliphatic hydroxyl groups excluding tert-OH is 1. The van der Waals surface area contributed by atoms with Gasteiger partial charge in [-0.2, -0.15) is 0 Å². The van der Waals surface area contributed by atoms with Crippen molar-refractivity contribution in [3.05, 3.63) is 0 Å². The Bertz CT molecular complexity index is 108. The van der Waals surface area contributed by atoms with E-state index in [9.17, 15) is 0 Å².